The molecular weight excluding hydrogens is 412 g/mol. The molecular formula is C20H26N10O2. The van der Waals surface area contributed by atoms with Crippen LogP contribution in [0.4, 0.5) is 17.3 Å². The van der Waals surface area contributed by atoms with E-state index < -0.39 is 6.35 Å². The molecule has 1 unspecified atom stereocenters. The van der Waals surface area contributed by atoms with Crippen LogP contribution in [-0.2, 0) is 4.79 Å². The van der Waals surface area contributed by atoms with Crippen LogP contribution in [0, 0.1) is 10.8 Å². The topological polar surface area (TPSA) is 214 Å². The molecule has 2 heterocycles. The van der Waals surface area contributed by atoms with Gasteiger partial charge in [0.15, 0.2) is 0 Å². The van der Waals surface area contributed by atoms with Gasteiger partial charge in [0.25, 0.3) is 5.91 Å². The first-order chi connectivity index (χ1) is 15.4. The summed E-state index contributed by atoms with van der Waals surface area (Å²) in [6.45, 7) is 0.984. The van der Waals surface area contributed by atoms with Crippen molar-refractivity contribution in [3.8, 4) is 5.75 Å². The third-order valence-electron chi connectivity index (χ3n) is 4.73. The Hall–Kier alpha value is -4.19. The molecule has 1 aliphatic heterocycles. The minimum Gasteiger partial charge on any atom is -0.456 e. The van der Waals surface area contributed by atoms with Crippen molar-refractivity contribution in [3.63, 3.8) is 0 Å². The summed E-state index contributed by atoms with van der Waals surface area (Å²) in [6.07, 6.45) is 4.14. The van der Waals surface area contributed by atoms with Gasteiger partial charge < -0.3 is 37.6 Å². The molecule has 1 atom stereocenters. The molecule has 0 radical (unpaired) electrons. The number of nitrogens with two attached hydrogens (primary N) is 3. The lowest BCUT2D eigenvalue weighted by Gasteiger charge is -2.14. The van der Waals surface area contributed by atoms with Crippen LogP contribution in [-0.4, -0.2) is 47.2 Å². The van der Waals surface area contributed by atoms with E-state index in [0.717, 1.165) is 18.8 Å². The molecule has 0 saturated heterocycles. The monoisotopic (exact) mass is 438 g/mol. The number of carbonyl (C=O) groups is 1. The zero-order valence-corrected chi connectivity index (χ0v) is 17.3. The Morgan fingerprint density at radius 2 is 2.06 bits per heavy atom. The molecule has 12 heteroatoms. The Balaban J connectivity index is 1.59. The van der Waals surface area contributed by atoms with Crippen LogP contribution >= 0.6 is 0 Å². The number of hydrogen-bond donors (Lipinski definition) is 8. The van der Waals surface area contributed by atoms with E-state index >= 15 is 0 Å². The Labute approximate surface area is 184 Å². The van der Waals surface area contributed by atoms with Gasteiger partial charge in [0.05, 0.1) is 22.5 Å². The van der Waals surface area contributed by atoms with Crippen molar-refractivity contribution < 1.29 is 9.53 Å². The molecule has 1 aliphatic rings. The zero-order chi connectivity index (χ0) is 23.1. The number of anilines is 3. The van der Waals surface area contributed by atoms with Crippen LogP contribution in [0.1, 0.15) is 24.0 Å². The van der Waals surface area contributed by atoms with Crippen LogP contribution in [0.25, 0.3) is 0 Å². The Bertz CT molecular complexity index is 1050. The van der Waals surface area contributed by atoms with Crippen LogP contribution in [0.15, 0.2) is 36.3 Å². The lowest BCUT2D eigenvalue weighted by atomic mass is 10.0. The number of nitrogens with one attached hydrogen (secondary N) is 5. The number of rotatable bonds is 10. The predicted octanol–water partition coefficient (Wildman–Crippen LogP) is 0.322. The maximum atomic E-state index is 11.7. The highest BCUT2D eigenvalue weighted by molar-refractivity contribution is 6.16. The fourth-order valence-electron chi connectivity index (χ4n) is 3.09. The zero-order valence-electron chi connectivity index (χ0n) is 17.3. The number of aromatic nitrogens is 2. The summed E-state index contributed by atoms with van der Waals surface area (Å²) in [4.78, 5) is 20.0. The number of nitrogen functional groups attached to an aromatic ring is 1. The molecule has 0 bridgehead atoms. The van der Waals surface area contributed by atoms with Crippen LogP contribution < -0.4 is 37.9 Å². The standard InChI is InChI=1S/C20H26N10O2/c21-8-12(9-22)19(31)27-6-2-1-5-26-18-15(17(24)28-10-29-18)16(23)11-3-4-14-13(7-11)30-20(25)32-14/h3-4,7-10,20-21,23,30H,1-2,5-6,22,25H2,(H,27,31)(H3,24,26,28,29). The molecule has 0 aliphatic carbocycles. The summed E-state index contributed by atoms with van der Waals surface area (Å²) in [5.41, 5.74) is 19.0. The number of benzene rings is 1. The second-order valence-electron chi connectivity index (χ2n) is 6.91. The second kappa shape index (κ2) is 10.2. The smallest absolute Gasteiger partial charge is 0.254 e. The number of nitrogens with zero attached hydrogens (tertiary/aromatic N) is 2. The molecule has 1 amide bonds. The van der Waals surface area contributed by atoms with Crippen LogP contribution in [0.3, 0.4) is 0 Å². The van der Waals surface area contributed by atoms with E-state index in [2.05, 4.69) is 25.9 Å². The van der Waals surface area contributed by atoms with E-state index in [1.54, 1.807) is 18.2 Å². The first-order valence-corrected chi connectivity index (χ1v) is 9.91. The number of amides is 1. The van der Waals surface area contributed by atoms with Gasteiger partial charge in [-0.25, -0.2) is 9.97 Å². The van der Waals surface area contributed by atoms with Gasteiger partial charge in [0.2, 0.25) is 6.35 Å². The summed E-state index contributed by atoms with van der Waals surface area (Å²) >= 11 is 0. The molecule has 168 valence electrons. The van der Waals surface area contributed by atoms with E-state index in [4.69, 9.17) is 32.8 Å². The molecule has 0 fully saturated rings. The molecule has 12 nitrogen and oxygen atoms in total. The lowest BCUT2D eigenvalue weighted by Crippen LogP contribution is -2.30. The van der Waals surface area contributed by atoms with Crippen molar-refractivity contribution >= 4 is 35.2 Å². The molecule has 0 spiro atoms. The first-order valence-electron chi connectivity index (χ1n) is 9.91. The van der Waals surface area contributed by atoms with Crippen LogP contribution in [0.5, 0.6) is 5.75 Å². The maximum Gasteiger partial charge on any atom is 0.254 e. The van der Waals surface area contributed by atoms with E-state index in [-0.39, 0.29) is 23.0 Å². The van der Waals surface area contributed by atoms with Crippen molar-refractivity contribution in [2.45, 2.75) is 19.2 Å². The summed E-state index contributed by atoms with van der Waals surface area (Å²) in [7, 11) is 0. The van der Waals surface area contributed by atoms with E-state index in [9.17, 15) is 4.79 Å². The highest BCUT2D eigenvalue weighted by Gasteiger charge is 2.21. The molecule has 3 rings (SSSR count). The first kappa shape index (κ1) is 22.5. The van der Waals surface area contributed by atoms with E-state index in [1.807, 2.05) is 0 Å². The summed E-state index contributed by atoms with van der Waals surface area (Å²) in [6, 6.07) is 5.25. The molecule has 2 aromatic rings. The highest BCUT2D eigenvalue weighted by atomic mass is 16.5. The molecule has 32 heavy (non-hydrogen) atoms. The van der Waals surface area contributed by atoms with Gasteiger partial charge in [-0.15, -0.1) is 0 Å². The van der Waals surface area contributed by atoms with Crippen molar-refractivity contribution in [3.05, 3.63) is 47.4 Å². The van der Waals surface area contributed by atoms with Crippen molar-refractivity contribution in [1.29, 1.82) is 10.8 Å². The molecule has 11 N–H and O–H groups in total. The normalized spacial score (nSPS) is 14.7. The van der Waals surface area contributed by atoms with Gasteiger partial charge in [-0.3, -0.25) is 15.9 Å². The minimum atomic E-state index is -0.621. The number of ether oxygens (including phenoxy) is 1. The third kappa shape index (κ3) is 5.10. The van der Waals surface area contributed by atoms with Crippen molar-refractivity contribution in [1.82, 2.24) is 15.3 Å². The summed E-state index contributed by atoms with van der Waals surface area (Å²) in [5.74, 6) is 0.871. The van der Waals surface area contributed by atoms with Gasteiger partial charge in [-0.1, -0.05) is 0 Å². The van der Waals surface area contributed by atoms with Gasteiger partial charge in [0.1, 0.15) is 23.7 Å². The number of hydrogen-bond acceptors (Lipinski definition) is 11. The third-order valence-corrected chi connectivity index (χ3v) is 4.73. The highest BCUT2D eigenvalue weighted by Crippen LogP contribution is 2.32. The van der Waals surface area contributed by atoms with Gasteiger partial charge in [0, 0.05) is 31.1 Å². The summed E-state index contributed by atoms with van der Waals surface area (Å²) in [5, 5.41) is 24.6. The van der Waals surface area contributed by atoms with Gasteiger partial charge >= 0.3 is 0 Å². The number of carbonyl (C=O) groups excluding carboxylic acids is 1. The molecule has 1 aromatic carbocycles. The Morgan fingerprint density at radius 3 is 2.81 bits per heavy atom. The van der Waals surface area contributed by atoms with Gasteiger partial charge in [-0.05, 0) is 31.0 Å². The van der Waals surface area contributed by atoms with Gasteiger partial charge in [-0.2, -0.15) is 0 Å². The predicted molar refractivity (Wildman–Crippen MR) is 123 cm³/mol. The minimum absolute atomic E-state index is 0.109. The Kier molecular flexibility index (Phi) is 7.18. The quantitative estimate of drug-likeness (QED) is 0.145. The average molecular weight is 438 g/mol. The Morgan fingerprint density at radius 1 is 1.28 bits per heavy atom. The van der Waals surface area contributed by atoms with Crippen molar-refractivity contribution in [2.75, 3.05) is 29.5 Å². The fraction of sp³-hybridized carbons (Fsp3) is 0.250. The van der Waals surface area contributed by atoms with Crippen LogP contribution in [0.2, 0.25) is 0 Å². The molecule has 0 saturated carbocycles. The number of unbranched alkanes of at least 4 members (excludes halogenated alkanes) is 1. The second-order valence-corrected chi connectivity index (χ2v) is 6.91. The molecule has 1 aromatic heterocycles. The SMILES string of the molecule is N=CC(=CN)C(=O)NCCCCNc1ncnc(N)c1C(=N)c1ccc2c(c1)NC(N)O2. The lowest BCUT2D eigenvalue weighted by molar-refractivity contribution is -0.116. The van der Waals surface area contributed by atoms with E-state index in [1.165, 1.54) is 6.33 Å². The largest absolute Gasteiger partial charge is 0.456 e. The van der Waals surface area contributed by atoms with E-state index in [0.29, 0.717) is 47.9 Å². The van der Waals surface area contributed by atoms with Crippen molar-refractivity contribution in [2.24, 2.45) is 11.5 Å². The fourth-order valence-corrected chi connectivity index (χ4v) is 3.09. The summed E-state index contributed by atoms with van der Waals surface area (Å²) < 4.78 is 5.41. The average Bonchev–Trinajstić information content (AvgIpc) is 3.15. The number of fused-ring (bicyclic) bond motifs is 1. The maximum absolute atomic E-state index is 11.7.